The molecule has 5 heteroatoms. The van der Waals surface area contributed by atoms with Gasteiger partial charge in [-0.1, -0.05) is 6.07 Å². The minimum atomic E-state index is -0.209. The van der Waals surface area contributed by atoms with Gasteiger partial charge in [0.2, 0.25) is 0 Å². The molecular formula is C15H16FN2OS+. The number of carbonyl (C=O) groups is 1. The van der Waals surface area contributed by atoms with Crippen molar-refractivity contribution in [3.8, 4) is 0 Å². The Morgan fingerprint density at radius 1 is 1.15 bits per heavy atom. The van der Waals surface area contributed by atoms with Crippen LogP contribution >= 0.6 is 11.3 Å². The first-order valence-electron chi connectivity index (χ1n) is 6.67. The van der Waals surface area contributed by atoms with E-state index in [9.17, 15) is 9.18 Å². The molecule has 3 nitrogen and oxygen atoms in total. The van der Waals surface area contributed by atoms with Gasteiger partial charge in [0.15, 0.2) is 0 Å². The number of amides is 1. The Morgan fingerprint density at radius 2 is 1.85 bits per heavy atom. The summed E-state index contributed by atoms with van der Waals surface area (Å²) in [4.78, 5) is 16.2. The quantitative estimate of drug-likeness (QED) is 0.892. The summed E-state index contributed by atoms with van der Waals surface area (Å²) in [5.74, 6) is -0.0854. The van der Waals surface area contributed by atoms with E-state index < -0.39 is 0 Å². The van der Waals surface area contributed by atoms with Gasteiger partial charge in [-0.05, 0) is 23.6 Å². The number of carbonyl (C=O) groups excluding carboxylic acids is 1. The molecule has 2 aromatic rings. The highest BCUT2D eigenvalue weighted by molar-refractivity contribution is 7.12. The Bertz CT molecular complexity index is 574. The van der Waals surface area contributed by atoms with Crippen LogP contribution in [0.4, 0.5) is 10.1 Å². The van der Waals surface area contributed by atoms with E-state index in [-0.39, 0.29) is 11.7 Å². The van der Waals surface area contributed by atoms with Gasteiger partial charge in [-0.2, -0.15) is 0 Å². The topological polar surface area (TPSA) is 24.8 Å². The molecule has 104 valence electrons. The van der Waals surface area contributed by atoms with E-state index in [0.29, 0.717) is 0 Å². The van der Waals surface area contributed by atoms with Crippen molar-refractivity contribution in [1.29, 1.82) is 0 Å². The van der Waals surface area contributed by atoms with Crippen molar-refractivity contribution in [2.24, 2.45) is 0 Å². The Labute approximate surface area is 121 Å². The number of quaternary nitrogens is 1. The van der Waals surface area contributed by atoms with Crippen LogP contribution in [-0.2, 0) is 0 Å². The number of hydrogen-bond donors (Lipinski definition) is 1. The van der Waals surface area contributed by atoms with Gasteiger partial charge in [-0.25, -0.2) is 4.39 Å². The maximum Gasteiger partial charge on any atom is 0.264 e. The van der Waals surface area contributed by atoms with Crippen LogP contribution in [0.1, 0.15) is 9.67 Å². The van der Waals surface area contributed by atoms with Crippen molar-refractivity contribution in [2.45, 2.75) is 0 Å². The molecule has 1 saturated heterocycles. The minimum Gasteiger partial charge on any atom is -0.327 e. The normalized spacial score (nSPS) is 16.4. The van der Waals surface area contributed by atoms with Crippen LogP contribution in [-0.4, -0.2) is 37.0 Å². The van der Waals surface area contributed by atoms with Gasteiger partial charge in [-0.3, -0.25) is 9.69 Å². The smallest absolute Gasteiger partial charge is 0.264 e. The molecule has 0 bridgehead atoms. The fraction of sp³-hybridized carbons (Fsp3) is 0.267. The van der Waals surface area contributed by atoms with Crippen LogP contribution in [0.5, 0.6) is 0 Å². The molecule has 0 radical (unpaired) electrons. The van der Waals surface area contributed by atoms with Crippen molar-refractivity contribution < 1.29 is 14.1 Å². The maximum absolute atomic E-state index is 12.9. The summed E-state index contributed by atoms with van der Waals surface area (Å²) in [6, 6.07) is 10.4. The third kappa shape index (κ3) is 2.73. The monoisotopic (exact) mass is 291 g/mol. The van der Waals surface area contributed by atoms with Crippen LogP contribution in [0.25, 0.3) is 0 Å². The van der Waals surface area contributed by atoms with Crippen molar-refractivity contribution in [3.63, 3.8) is 0 Å². The van der Waals surface area contributed by atoms with Crippen LogP contribution in [0.15, 0.2) is 41.8 Å². The molecule has 1 N–H and O–H groups in total. The van der Waals surface area contributed by atoms with Crippen LogP contribution in [0, 0.1) is 5.82 Å². The zero-order valence-electron chi connectivity index (χ0n) is 11.0. The number of nitrogens with one attached hydrogen (secondary N) is 1. The molecule has 1 aromatic carbocycles. The third-order valence-electron chi connectivity index (χ3n) is 3.64. The zero-order valence-corrected chi connectivity index (χ0v) is 11.8. The fourth-order valence-electron chi connectivity index (χ4n) is 2.51. The van der Waals surface area contributed by atoms with Gasteiger partial charge in [0.25, 0.3) is 5.91 Å². The van der Waals surface area contributed by atoms with Gasteiger partial charge in [-0.15, -0.1) is 11.3 Å². The number of thiophene rings is 1. The first-order chi connectivity index (χ1) is 9.74. The second-order valence-corrected chi connectivity index (χ2v) is 5.83. The van der Waals surface area contributed by atoms with E-state index in [0.717, 1.165) is 36.7 Å². The lowest BCUT2D eigenvalue weighted by Crippen LogP contribution is -3.10. The summed E-state index contributed by atoms with van der Waals surface area (Å²) in [5.41, 5.74) is 1.09. The first kappa shape index (κ1) is 13.3. The Balaban J connectivity index is 1.62. The second-order valence-electron chi connectivity index (χ2n) is 4.88. The number of halogens is 1. The van der Waals surface area contributed by atoms with Crippen LogP contribution in [0.2, 0.25) is 0 Å². The summed E-state index contributed by atoms with van der Waals surface area (Å²) >= 11 is 1.48. The zero-order chi connectivity index (χ0) is 13.9. The molecule has 0 unspecified atom stereocenters. The summed E-state index contributed by atoms with van der Waals surface area (Å²) in [6.07, 6.45) is 0. The summed E-state index contributed by atoms with van der Waals surface area (Å²) < 4.78 is 12.9. The number of benzene rings is 1. The highest BCUT2D eigenvalue weighted by Crippen LogP contribution is 2.12. The van der Waals surface area contributed by atoms with Gasteiger partial charge in [0, 0.05) is 12.1 Å². The lowest BCUT2D eigenvalue weighted by molar-refractivity contribution is -0.837. The van der Waals surface area contributed by atoms with Gasteiger partial charge >= 0.3 is 0 Å². The molecule has 1 amide bonds. The molecule has 0 spiro atoms. The molecule has 1 fully saturated rings. The molecular weight excluding hydrogens is 275 g/mol. The average molecular weight is 291 g/mol. The van der Waals surface area contributed by atoms with Crippen molar-refractivity contribution in [1.82, 2.24) is 4.90 Å². The molecule has 3 rings (SSSR count). The Morgan fingerprint density at radius 3 is 2.45 bits per heavy atom. The van der Waals surface area contributed by atoms with Crippen LogP contribution in [0.3, 0.4) is 0 Å². The standard InChI is InChI=1S/C15H15FN2OS/c16-12-3-5-13(6-4-12)17-7-9-18(10-8-17)15(19)14-2-1-11-20-14/h1-6,11H,7-10H2/p+1. The molecule has 20 heavy (non-hydrogen) atoms. The highest BCUT2D eigenvalue weighted by Gasteiger charge is 2.25. The summed E-state index contributed by atoms with van der Waals surface area (Å²) in [5, 5.41) is 1.92. The fourth-order valence-corrected chi connectivity index (χ4v) is 3.20. The Kier molecular flexibility index (Phi) is 3.80. The van der Waals surface area contributed by atoms with Crippen LogP contribution < -0.4 is 4.90 Å². The average Bonchev–Trinajstić information content (AvgIpc) is 3.02. The third-order valence-corrected chi connectivity index (χ3v) is 4.50. The molecule has 0 saturated carbocycles. The number of piperazine rings is 1. The van der Waals surface area contributed by atoms with Gasteiger partial charge in [0.05, 0.1) is 31.1 Å². The van der Waals surface area contributed by atoms with Crippen molar-refractivity contribution in [2.75, 3.05) is 26.2 Å². The predicted octanol–water partition coefficient (Wildman–Crippen LogP) is 1.56. The van der Waals surface area contributed by atoms with Crippen molar-refractivity contribution >= 4 is 22.9 Å². The number of hydrogen-bond acceptors (Lipinski definition) is 2. The van der Waals surface area contributed by atoms with E-state index in [2.05, 4.69) is 0 Å². The molecule has 0 aliphatic carbocycles. The second kappa shape index (κ2) is 5.73. The minimum absolute atomic E-state index is 0.123. The number of nitrogens with zero attached hydrogens (tertiary/aromatic N) is 1. The van der Waals surface area contributed by atoms with E-state index in [4.69, 9.17) is 0 Å². The molecule has 2 heterocycles. The largest absolute Gasteiger partial charge is 0.327 e. The first-order valence-corrected chi connectivity index (χ1v) is 7.55. The maximum atomic E-state index is 12.9. The molecule has 1 aromatic heterocycles. The van der Waals surface area contributed by atoms with E-state index in [1.807, 2.05) is 34.5 Å². The van der Waals surface area contributed by atoms with Gasteiger partial charge < -0.3 is 4.90 Å². The van der Waals surface area contributed by atoms with E-state index in [1.54, 1.807) is 0 Å². The molecule has 0 atom stereocenters. The lowest BCUT2D eigenvalue weighted by atomic mass is 10.2. The lowest BCUT2D eigenvalue weighted by Gasteiger charge is -2.31. The Hall–Kier alpha value is -1.72. The van der Waals surface area contributed by atoms with E-state index in [1.165, 1.54) is 28.4 Å². The van der Waals surface area contributed by atoms with Gasteiger partial charge in [0.1, 0.15) is 11.5 Å². The molecule has 1 aliphatic rings. The predicted molar refractivity (Wildman–Crippen MR) is 77.0 cm³/mol. The number of rotatable bonds is 2. The SMILES string of the molecule is O=C(c1cccs1)N1CC[NH+](c2ccc(F)cc2)CC1. The van der Waals surface area contributed by atoms with Crippen molar-refractivity contribution in [3.05, 3.63) is 52.5 Å². The summed E-state index contributed by atoms with van der Waals surface area (Å²) in [6.45, 7) is 3.21. The highest BCUT2D eigenvalue weighted by atomic mass is 32.1. The van der Waals surface area contributed by atoms with E-state index >= 15 is 0 Å². The summed E-state index contributed by atoms with van der Waals surface area (Å²) in [7, 11) is 0. The molecule has 1 aliphatic heterocycles.